The van der Waals surface area contributed by atoms with E-state index in [1.54, 1.807) is 36.4 Å². The van der Waals surface area contributed by atoms with Gasteiger partial charge in [-0.1, -0.05) is 36.4 Å². The molecule has 0 saturated carbocycles. The number of nitrogens with one attached hydrogen (secondary N) is 1. The molecular weight excluding hydrogens is 424 g/mol. The van der Waals surface area contributed by atoms with Crippen LogP contribution in [-0.2, 0) is 11.3 Å². The molecule has 1 aliphatic heterocycles. The van der Waals surface area contributed by atoms with E-state index in [1.807, 2.05) is 30.3 Å². The van der Waals surface area contributed by atoms with Gasteiger partial charge in [-0.2, -0.15) is 0 Å². The van der Waals surface area contributed by atoms with Crippen molar-refractivity contribution < 1.29 is 28.5 Å². The molecule has 8 nitrogen and oxygen atoms in total. The molecule has 0 atom stereocenters. The van der Waals surface area contributed by atoms with Crippen molar-refractivity contribution in [3.8, 4) is 17.2 Å². The Morgan fingerprint density at radius 3 is 2.36 bits per heavy atom. The van der Waals surface area contributed by atoms with Crippen molar-refractivity contribution in [1.82, 2.24) is 0 Å². The van der Waals surface area contributed by atoms with Gasteiger partial charge in [0, 0.05) is 16.9 Å². The molecule has 0 unspecified atom stereocenters. The molecule has 0 spiro atoms. The summed E-state index contributed by atoms with van der Waals surface area (Å²) in [4.78, 5) is 26.3. The fourth-order valence-electron chi connectivity index (χ4n) is 3.47. The maximum atomic E-state index is 13.0. The summed E-state index contributed by atoms with van der Waals surface area (Å²) in [6.45, 7) is 1.13. The van der Waals surface area contributed by atoms with Crippen LogP contribution in [0.4, 0.5) is 16.2 Å². The van der Waals surface area contributed by atoms with E-state index in [2.05, 4.69) is 5.32 Å². The molecule has 1 heterocycles. The van der Waals surface area contributed by atoms with Crippen molar-refractivity contribution in [2.75, 3.05) is 37.6 Å². The molecule has 2 amide bonds. The van der Waals surface area contributed by atoms with E-state index < -0.39 is 6.09 Å². The van der Waals surface area contributed by atoms with Gasteiger partial charge in [-0.25, -0.2) is 4.79 Å². The first-order chi connectivity index (χ1) is 16.1. The topological polar surface area (TPSA) is 86.3 Å². The normalized spacial score (nSPS) is 12.8. The van der Waals surface area contributed by atoms with Crippen LogP contribution in [0.1, 0.15) is 15.9 Å². The Bertz CT molecular complexity index is 1120. The zero-order chi connectivity index (χ0) is 23.2. The molecule has 1 fully saturated rings. The maximum absolute atomic E-state index is 13.0. The van der Waals surface area contributed by atoms with Crippen molar-refractivity contribution >= 4 is 23.4 Å². The molecule has 0 bridgehead atoms. The predicted molar refractivity (Wildman–Crippen MR) is 123 cm³/mol. The number of methoxy groups -OCH3 is 2. The van der Waals surface area contributed by atoms with E-state index in [4.69, 9.17) is 18.9 Å². The Balaban J connectivity index is 1.53. The van der Waals surface area contributed by atoms with Gasteiger partial charge in [0.25, 0.3) is 5.91 Å². The molecule has 33 heavy (non-hydrogen) atoms. The van der Waals surface area contributed by atoms with Crippen LogP contribution in [0.25, 0.3) is 0 Å². The molecule has 3 aromatic carbocycles. The van der Waals surface area contributed by atoms with Crippen molar-refractivity contribution in [3.05, 3.63) is 77.9 Å². The Morgan fingerprint density at radius 2 is 1.73 bits per heavy atom. The van der Waals surface area contributed by atoms with Crippen LogP contribution in [0.5, 0.6) is 17.2 Å². The molecule has 3 aromatic rings. The highest BCUT2D eigenvalue weighted by atomic mass is 16.6. The van der Waals surface area contributed by atoms with Crippen LogP contribution in [-0.4, -0.2) is 39.4 Å². The number of hydrogen-bond donors (Lipinski definition) is 1. The first kappa shape index (κ1) is 22.0. The van der Waals surface area contributed by atoms with E-state index in [1.165, 1.54) is 19.1 Å². The van der Waals surface area contributed by atoms with Crippen molar-refractivity contribution in [2.24, 2.45) is 0 Å². The molecule has 0 aliphatic carbocycles. The Labute approximate surface area is 191 Å². The number of amides is 2. The smallest absolute Gasteiger partial charge is 0.414 e. The third-order valence-electron chi connectivity index (χ3n) is 5.13. The average molecular weight is 448 g/mol. The van der Waals surface area contributed by atoms with E-state index in [0.717, 1.165) is 5.56 Å². The van der Waals surface area contributed by atoms with Gasteiger partial charge < -0.3 is 24.3 Å². The second kappa shape index (κ2) is 9.95. The first-order valence-electron chi connectivity index (χ1n) is 10.4. The number of carbonyl (C=O) groups excluding carboxylic acids is 2. The second-order valence-corrected chi connectivity index (χ2v) is 7.25. The summed E-state index contributed by atoms with van der Waals surface area (Å²) in [6, 6.07) is 19.9. The second-order valence-electron chi connectivity index (χ2n) is 7.25. The summed E-state index contributed by atoms with van der Waals surface area (Å²) in [7, 11) is 3.01. The Kier molecular flexibility index (Phi) is 6.64. The Morgan fingerprint density at radius 1 is 1.00 bits per heavy atom. The minimum absolute atomic E-state index is 0.324. The first-order valence-corrected chi connectivity index (χ1v) is 10.4. The zero-order valence-electron chi connectivity index (χ0n) is 18.4. The van der Waals surface area contributed by atoms with E-state index in [-0.39, 0.29) is 5.91 Å². The standard InChI is InChI=1S/C25H24N2O6/c1-30-21-13-18(14-22(31-2)23(21)33-16-17-7-4-3-5-8-17)24(28)26-19-9-6-10-20(15-19)27-11-12-32-25(27)29/h3-10,13-15H,11-12,16H2,1-2H3,(H,26,28). The summed E-state index contributed by atoms with van der Waals surface area (Å²) in [5.41, 5.74) is 2.52. The molecule has 1 N–H and O–H groups in total. The molecule has 170 valence electrons. The summed E-state index contributed by atoms with van der Waals surface area (Å²) in [6.07, 6.45) is -0.404. The number of benzene rings is 3. The minimum atomic E-state index is -0.404. The van der Waals surface area contributed by atoms with Gasteiger partial charge in [-0.05, 0) is 35.9 Å². The van der Waals surface area contributed by atoms with Crippen molar-refractivity contribution in [1.29, 1.82) is 0 Å². The molecule has 0 radical (unpaired) electrons. The fourth-order valence-corrected chi connectivity index (χ4v) is 3.47. The lowest BCUT2D eigenvalue weighted by molar-refractivity contribution is 0.102. The molecular formula is C25H24N2O6. The quantitative estimate of drug-likeness (QED) is 0.546. The van der Waals surface area contributed by atoms with Crippen LogP contribution in [0.2, 0.25) is 0 Å². The molecule has 1 saturated heterocycles. The van der Waals surface area contributed by atoms with Crippen LogP contribution in [0.15, 0.2) is 66.7 Å². The lowest BCUT2D eigenvalue weighted by Gasteiger charge is -2.17. The minimum Gasteiger partial charge on any atom is -0.493 e. The van der Waals surface area contributed by atoms with Crippen LogP contribution in [0.3, 0.4) is 0 Å². The van der Waals surface area contributed by atoms with E-state index in [9.17, 15) is 9.59 Å². The van der Waals surface area contributed by atoms with Crippen molar-refractivity contribution in [2.45, 2.75) is 6.61 Å². The predicted octanol–water partition coefficient (Wildman–Crippen LogP) is 4.49. The summed E-state index contributed by atoms with van der Waals surface area (Å²) < 4.78 is 21.9. The third kappa shape index (κ3) is 5.01. The van der Waals surface area contributed by atoms with Crippen LogP contribution >= 0.6 is 0 Å². The van der Waals surface area contributed by atoms with Gasteiger partial charge in [0.2, 0.25) is 5.75 Å². The Hall–Kier alpha value is -4.20. The van der Waals surface area contributed by atoms with Crippen LogP contribution < -0.4 is 24.4 Å². The lowest BCUT2D eigenvalue weighted by atomic mass is 10.1. The van der Waals surface area contributed by atoms with E-state index >= 15 is 0 Å². The number of hydrogen-bond acceptors (Lipinski definition) is 6. The maximum Gasteiger partial charge on any atom is 0.414 e. The van der Waals surface area contributed by atoms with Gasteiger partial charge in [-0.15, -0.1) is 0 Å². The summed E-state index contributed by atoms with van der Waals surface area (Å²) in [5.74, 6) is 0.810. The van der Waals surface area contributed by atoms with Crippen LogP contribution in [0, 0.1) is 0 Å². The zero-order valence-corrected chi connectivity index (χ0v) is 18.4. The summed E-state index contributed by atoms with van der Waals surface area (Å²) in [5, 5.41) is 2.85. The monoisotopic (exact) mass is 448 g/mol. The summed E-state index contributed by atoms with van der Waals surface area (Å²) >= 11 is 0. The van der Waals surface area contributed by atoms with Crippen molar-refractivity contribution in [3.63, 3.8) is 0 Å². The molecule has 4 rings (SSSR count). The van der Waals surface area contributed by atoms with Gasteiger partial charge in [-0.3, -0.25) is 9.69 Å². The van der Waals surface area contributed by atoms with E-state index in [0.29, 0.717) is 53.9 Å². The van der Waals surface area contributed by atoms with Gasteiger partial charge in [0.15, 0.2) is 11.5 Å². The SMILES string of the molecule is COc1cc(C(=O)Nc2cccc(N3CCOC3=O)c2)cc(OC)c1OCc1ccccc1. The van der Waals surface area contributed by atoms with Gasteiger partial charge in [0.1, 0.15) is 13.2 Å². The number of cyclic esters (lactones) is 1. The largest absolute Gasteiger partial charge is 0.493 e. The highest BCUT2D eigenvalue weighted by Crippen LogP contribution is 2.39. The highest BCUT2D eigenvalue weighted by Gasteiger charge is 2.24. The van der Waals surface area contributed by atoms with Gasteiger partial charge in [0.05, 0.1) is 20.8 Å². The molecule has 8 heteroatoms. The third-order valence-corrected chi connectivity index (χ3v) is 5.13. The average Bonchev–Trinajstić information content (AvgIpc) is 3.28. The molecule has 0 aromatic heterocycles. The highest BCUT2D eigenvalue weighted by molar-refractivity contribution is 6.05. The number of ether oxygens (including phenoxy) is 4. The number of anilines is 2. The number of carbonyl (C=O) groups is 2. The van der Waals surface area contributed by atoms with Gasteiger partial charge >= 0.3 is 6.09 Å². The fraction of sp³-hybridized carbons (Fsp3) is 0.200. The number of nitrogens with zero attached hydrogens (tertiary/aromatic N) is 1. The molecule has 1 aliphatic rings. The number of rotatable bonds is 8. The lowest BCUT2D eigenvalue weighted by Crippen LogP contribution is -2.23.